The maximum absolute atomic E-state index is 12.2. The van der Waals surface area contributed by atoms with Crippen LogP contribution in [0.4, 0.5) is 0 Å². The number of sulfonamides is 1. The van der Waals surface area contributed by atoms with E-state index in [9.17, 15) is 13.7 Å². The van der Waals surface area contributed by atoms with E-state index in [0.717, 1.165) is 40.1 Å². The Hall–Kier alpha value is -2.84. The summed E-state index contributed by atoms with van der Waals surface area (Å²) < 4.78 is 32.9. The molecule has 2 aromatic carbocycles. The van der Waals surface area contributed by atoms with Gasteiger partial charge in [-0.05, 0) is 62.4 Å². The van der Waals surface area contributed by atoms with E-state index in [2.05, 4.69) is 21.0 Å². The number of hydrogen-bond acceptors (Lipinski definition) is 8. The maximum Gasteiger partial charge on any atom is 0.214 e. The molecule has 178 valence electrons. The zero-order valence-electron chi connectivity index (χ0n) is 19.0. The summed E-state index contributed by atoms with van der Waals surface area (Å²) >= 11 is 1.43. The molecule has 1 aliphatic rings. The number of fused-ring (bicyclic) bond motifs is 1. The summed E-state index contributed by atoms with van der Waals surface area (Å²) in [6, 6.07) is 13.1. The number of ether oxygens (including phenoxy) is 1. The zero-order valence-corrected chi connectivity index (χ0v) is 20.6. The van der Waals surface area contributed by atoms with Gasteiger partial charge in [0.1, 0.15) is 21.8 Å². The number of nitrogens with one attached hydrogen (secondary N) is 1. The van der Waals surface area contributed by atoms with Gasteiger partial charge < -0.3 is 9.84 Å². The Morgan fingerprint density at radius 2 is 2.06 bits per heavy atom. The molecule has 0 aliphatic heterocycles. The Balaban J connectivity index is 1.65. The van der Waals surface area contributed by atoms with Gasteiger partial charge in [0, 0.05) is 17.2 Å². The molecule has 10 heteroatoms. The van der Waals surface area contributed by atoms with Crippen molar-refractivity contribution in [2.45, 2.75) is 45.3 Å². The molecule has 0 spiro atoms. The van der Waals surface area contributed by atoms with Crippen LogP contribution in [0.25, 0.3) is 21.1 Å². The average Bonchev–Trinajstić information content (AvgIpc) is 3.28. The highest BCUT2D eigenvalue weighted by atomic mass is 32.2. The monoisotopic (exact) mass is 498 g/mol. The number of hydrogen-bond donors (Lipinski definition) is 2. The normalized spacial score (nSPS) is 15.7. The minimum Gasteiger partial charge on any atom is -0.490 e. The topological polar surface area (TPSA) is 125 Å². The predicted octanol–water partition coefficient (Wildman–Crippen LogP) is 3.82. The van der Waals surface area contributed by atoms with Gasteiger partial charge in [0.05, 0.1) is 24.0 Å². The molecule has 0 bridgehead atoms. The van der Waals surface area contributed by atoms with Crippen molar-refractivity contribution in [2.24, 2.45) is 0 Å². The van der Waals surface area contributed by atoms with Crippen LogP contribution in [-0.2, 0) is 16.4 Å². The molecule has 0 saturated heterocycles. The Morgan fingerprint density at radius 3 is 2.79 bits per heavy atom. The van der Waals surface area contributed by atoms with Crippen molar-refractivity contribution in [1.29, 1.82) is 5.26 Å². The maximum atomic E-state index is 12.2. The van der Waals surface area contributed by atoms with Crippen LogP contribution in [0.3, 0.4) is 0 Å². The third-order valence-corrected chi connectivity index (χ3v) is 7.92. The molecule has 0 saturated carbocycles. The van der Waals surface area contributed by atoms with E-state index in [-0.39, 0.29) is 17.9 Å². The van der Waals surface area contributed by atoms with Gasteiger partial charge in [0.25, 0.3) is 0 Å². The predicted molar refractivity (Wildman–Crippen MR) is 131 cm³/mol. The summed E-state index contributed by atoms with van der Waals surface area (Å²) in [6.45, 7) is 3.41. The van der Waals surface area contributed by atoms with Crippen molar-refractivity contribution in [3.05, 3.63) is 53.1 Å². The average molecular weight is 499 g/mol. The number of aliphatic hydroxyl groups is 1. The fourth-order valence-electron chi connectivity index (χ4n) is 4.12. The second-order valence-corrected chi connectivity index (χ2v) is 11.2. The lowest BCUT2D eigenvalue weighted by atomic mass is 9.85. The van der Waals surface area contributed by atoms with Crippen molar-refractivity contribution < 1.29 is 18.3 Å². The smallest absolute Gasteiger partial charge is 0.214 e. The van der Waals surface area contributed by atoms with Crippen molar-refractivity contribution in [3.63, 3.8) is 0 Å². The molecular weight excluding hydrogens is 472 g/mol. The van der Waals surface area contributed by atoms with Crippen LogP contribution in [0.5, 0.6) is 5.75 Å². The Morgan fingerprint density at radius 1 is 1.26 bits per heavy atom. The lowest BCUT2D eigenvalue weighted by molar-refractivity contribution is 0.242. The minimum absolute atomic E-state index is 0.0349. The molecule has 34 heavy (non-hydrogen) atoms. The fraction of sp³-hybridized carbons (Fsp3) is 0.375. The second-order valence-electron chi connectivity index (χ2n) is 8.38. The Labute approximate surface area is 203 Å². The van der Waals surface area contributed by atoms with Gasteiger partial charge in [-0.15, -0.1) is 10.2 Å². The summed E-state index contributed by atoms with van der Waals surface area (Å²) in [5.74, 6) is 0.224. The summed E-state index contributed by atoms with van der Waals surface area (Å²) in [6.07, 6.45) is 2.32. The summed E-state index contributed by atoms with van der Waals surface area (Å²) in [7, 11) is -3.56. The van der Waals surface area contributed by atoms with E-state index >= 15 is 0 Å². The van der Waals surface area contributed by atoms with E-state index in [4.69, 9.17) is 9.84 Å². The van der Waals surface area contributed by atoms with Gasteiger partial charge in [-0.3, -0.25) is 0 Å². The third-order valence-electron chi connectivity index (χ3n) is 5.55. The lowest BCUT2D eigenvalue weighted by Crippen LogP contribution is -2.33. The summed E-state index contributed by atoms with van der Waals surface area (Å²) in [4.78, 5) is 0. The van der Waals surface area contributed by atoms with Crippen LogP contribution in [-0.4, -0.2) is 42.2 Å². The van der Waals surface area contributed by atoms with Gasteiger partial charge >= 0.3 is 0 Å². The van der Waals surface area contributed by atoms with Crippen molar-refractivity contribution in [3.8, 4) is 33.0 Å². The minimum atomic E-state index is -3.56. The van der Waals surface area contributed by atoms with Crippen LogP contribution < -0.4 is 9.46 Å². The van der Waals surface area contributed by atoms with E-state index in [0.29, 0.717) is 22.7 Å². The number of nitriles is 1. The highest BCUT2D eigenvalue weighted by Crippen LogP contribution is 2.39. The SMILES string of the molecule is CC(C)Oc1ccc(-c2nnc(-c3cccc4c3CCC[C@H]4NS(=O)(=O)CCO)s2)cc1C#N. The largest absolute Gasteiger partial charge is 0.490 e. The molecule has 1 atom stereocenters. The molecule has 1 aromatic heterocycles. The first-order valence-corrected chi connectivity index (χ1v) is 13.6. The number of rotatable bonds is 8. The molecule has 2 N–H and O–H groups in total. The number of nitrogens with zero attached hydrogens (tertiary/aromatic N) is 3. The van der Waals surface area contributed by atoms with Gasteiger partial charge in [0.2, 0.25) is 10.0 Å². The van der Waals surface area contributed by atoms with Gasteiger partial charge in [-0.1, -0.05) is 29.5 Å². The quantitative estimate of drug-likeness (QED) is 0.484. The number of benzene rings is 2. The number of aliphatic hydroxyl groups excluding tert-OH is 1. The first kappa shape index (κ1) is 24.3. The lowest BCUT2D eigenvalue weighted by Gasteiger charge is -2.27. The van der Waals surface area contributed by atoms with Crippen LogP contribution in [0, 0.1) is 11.3 Å². The number of aromatic nitrogens is 2. The Bertz CT molecular complexity index is 1330. The molecule has 0 unspecified atom stereocenters. The standard InChI is InChI=1S/C24H26N4O4S2/c1-15(2)32-22-10-9-16(13-17(22)14-25)23-26-27-24(33-23)20-7-3-6-19-18(20)5-4-8-21(19)28-34(30,31)12-11-29/h3,6-7,9-10,13,15,21,28-29H,4-5,8,11-12H2,1-2H3/t21-/m1/s1. The van der Waals surface area contributed by atoms with Crippen LogP contribution in [0.2, 0.25) is 0 Å². The molecule has 0 amide bonds. The van der Waals surface area contributed by atoms with Gasteiger partial charge in [-0.2, -0.15) is 5.26 Å². The van der Waals surface area contributed by atoms with Crippen LogP contribution in [0.15, 0.2) is 36.4 Å². The van der Waals surface area contributed by atoms with E-state index < -0.39 is 16.6 Å². The first-order chi connectivity index (χ1) is 16.3. The second kappa shape index (κ2) is 10.2. The van der Waals surface area contributed by atoms with Crippen LogP contribution >= 0.6 is 11.3 Å². The van der Waals surface area contributed by atoms with Crippen molar-refractivity contribution in [2.75, 3.05) is 12.4 Å². The zero-order chi connectivity index (χ0) is 24.3. The Kier molecular flexibility index (Phi) is 7.28. The molecule has 3 aromatic rings. The highest BCUT2D eigenvalue weighted by molar-refractivity contribution is 7.89. The van der Waals surface area contributed by atoms with E-state index in [1.807, 2.05) is 38.1 Å². The van der Waals surface area contributed by atoms with E-state index in [1.54, 1.807) is 12.1 Å². The first-order valence-electron chi connectivity index (χ1n) is 11.1. The molecular formula is C24H26N4O4S2. The fourth-order valence-corrected chi connectivity index (χ4v) is 6.05. The molecule has 8 nitrogen and oxygen atoms in total. The van der Waals surface area contributed by atoms with Crippen molar-refractivity contribution in [1.82, 2.24) is 14.9 Å². The third kappa shape index (κ3) is 5.28. The highest BCUT2D eigenvalue weighted by Gasteiger charge is 2.27. The van der Waals surface area contributed by atoms with Gasteiger partial charge in [-0.25, -0.2) is 13.1 Å². The van der Waals surface area contributed by atoms with Crippen LogP contribution in [0.1, 0.15) is 49.4 Å². The molecule has 0 fully saturated rings. The van der Waals surface area contributed by atoms with E-state index in [1.165, 1.54) is 11.3 Å². The molecule has 1 aliphatic carbocycles. The summed E-state index contributed by atoms with van der Waals surface area (Å²) in [5.41, 5.74) is 4.16. The molecule has 4 rings (SSSR count). The summed E-state index contributed by atoms with van der Waals surface area (Å²) in [5, 5.41) is 28.8. The molecule has 1 heterocycles. The molecule has 0 radical (unpaired) electrons. The van der Waals surface area contributed by atoms with Crippen molar-refractivity contribution >= 4 is 21.4 Å². The van der Waals surface area contributed by atoms with Gasteiger partial charge in [0.15, 0.2) is 0 Å².